The molecule has 1 fully saturated rings. The fourth-order valence-electron chi connectivity index (χ4n) is 7.02. The topological polar surface area (TPSA) is 205 Å². The fraction of sp³-hybridized carbons (Fsp3) is 0.312. The SMILES string of the molecule is COc1cc(=O)c2c(=O)c3c(c(=O)c=2c1=O)=C(O)[C@]1(CCc2c1c(O)c1c(=O)[nH]c(C=NOCCN4CCOCC4)cc1c2I)C=3O. The second-order valence-electron chi connectivity index (χ2n) is 11.5. The number of phenols is 1. The van der Waals surface area contributed by atoms with Crippen LogP contribution in [0.15, 0.2) is 41.3 Å². The van der Waals surface area contributed by atoms with E-state index in [1.807, 2.05) is 22.6 Å². The molecule has 0 saturated carbocycles. The van der Waals surface area contributed by atoms with Crippen LogP contribution in [0, 0.1) is 14.0 Å². The van der Waals surface area contributed by atoms with Crippen molar-refractivity contribution in [1.82, 2.24) is 9.88 Å². The predicted octanol–water partition coefficient (Wildman–Crippen LogP) is -1.20. The number of aliphatic hydroxyl groups is 2. The third kappa shape index (κ3) is 4.36. The molecule has 47 heavy (non-hydrogen) atoms. The van der Waals surface area contributed by atoms with Gasteiger partial charge in [-0.25, -0.2) is 0 Å². The minimum atomic E-state index is -1.98. The van der Waals surface area contributed by atoms with Gasteiger partial charge in [-0.05, 0) is 47.1 Å². The molecule has 0 unspecified atom stereocenters. The van der Waals surface area contributed by atoms with Crippen LogP contribution >= 0.6 is 22.6 Å². The highest BCUT2D eigenvalue weighted by atomic mass is 127. The minimum Gasteiger partial charge on any atom is -0.510 e. The first-order valence-corrected chi connectivity index (χ1v) is 15.7. The number of nitrogens with one attached hydrogen (secondary N) is 1. The molecular formula is C32H26IN3O11. The number of morpholine rings is 1. The molecule has 2 aromatic rings. The molecule has 1 atom stereocenters. The zero-order chi connectivity index (χ0) is 33.4. The second kappa shape index (κ2) is 11.3. The number of aromatic hydroxyl groups is 1. The highest BCUT2D eigenvalue weighted by molar-refractivity contribution is 14.1. The number of nitrogens with zero attached hydrogens (tertiary/aromatic N) is 2. The number of hydrogen-bond donors (Lipinski definition) is 4. The maximum atomic E-state index is 13.7. The lowest BCUT2D eigenvalue weighted by Crippen LogP contribution is -2.51. The van der Waals surface area contributed by atoms with Crippen LogP contribution in [0.1, 0.15) is 23.2 Å². The number of aromatic nitrogens is 1. The summed E-state index contributed by atoms with van der Waals surface area (Å²) < 4.78 is 10.8. The first-order valence-electron chi connectivity index (χ1n) is 14.6. The van der Waals surface area contributed by atoms with E-state index in [0.29, 0.717) is 46.6 Å². The molecule has 1 aromatic heterocycles. The summed E-state index contributed by atoms with van der Waals surface area (Å²) in [6.07, 6.45) is 1.41. The third-order valence-corrected chi connectivity index (χ3v) is 10.5. The summed E-state index contributed by atoms with van der Waals surface area (Å²) in [7, 11) is 1.12. The Morgan fingerprint density at radius 1 is 1.00 bits per heavy atom. The number of methoxy groups -OCH3 is 1. The molecule has 0 amide bonds. The van der Waals surface area contributed by atoms with Crippen LogP contribution in [0.5, 0.6) is 11.5 Å². The number of rotatable bonds is 6. The van der Waals surface area contributed by atoms with Crippen molar-refractivity contribution in [2.75, 3.05) is 46.6 Å². The highest BCUT2D eigenvalue weighted by Crippen LogP contribution is 2.55. The Balaban J connectivity index is 1.37. The molecule has 242 valence electrons. The summed E-state index contributed by atoms with van der Waals surface area (Å²) in [6, 6.07) is 2.39. The number of hydrogen-bond acceptors (Lipinski definition) is 13. The number of aromatic amines is 1. The van der Waals surface area contributed by atoms with Gasteiger partial charge in [-0.15, -0.1) is 0 Å². The van der Waals surface area contributed by atoms with Crippen molar-refractivity contribution in [2.45, 2.75) is 18.3 Å². The molecule has 7 rings (SSSR count). The standard InChI is InChI=1S/C32H26IN3O11/c1-45-17-11-16(37)19-20(25(17)38)27(40)22-21(26(19)39)29(42)32(30(22)43)3-2-14-23(32)28(41)18-15(24(14)33)10-13(35-31(18)44)12-34-47-9-6-36-4-7-46-8-5-36/h10-12,41-43H,2-9H2,1H3,(H,35,44)/t32-/m0/s1. The molecule has 14 nitrogen and oxygen atoms in total. The molecule has 1 aliphatic heterocycles. The number of fused-ring (bicyclic) bond motifs is 4. The van der Waals surface area contributed by atoms with E-state index < -0.39 is 76.6 Å². The van der Waals surface area contributed by atoms with E-state index in [2.05, 4.69) is 15.0 Å². The van der Waals surface area contributed by atoms with Crippen LogP contribution in [0.4, 0.5) is 0 Å². The summed E-state index contributed by atoms with van der Waals surface area (Å²) >= 11 is 2.00. The van der Waals surface area contributed by atoms with Crippen molar-refractivity contribution in [3.8, 4) is 11.5 Å². The van der Waals surface area contributed by atoms with Gasteiger partial charge in [-0.2, -0.15) is 0 Å². The van der Waals surface area contributed by atoms with Crippen molar-refractivity contribution < 1.29 is 29.6 Å². The summed E-state index contributed by atoms with van der Waals surface area (Å²) in [5, 5.41) is 36.4. The lowest BCUT2D eigenvalue weighted by molar-refractivity contribution is 0.0214. The molecule has 1 aromatic carbocycles. The molecule has 5 aliphatic rings. The lowest BCUT2D eigenvalue weighted by atomic mass is 9.78. The Morgan fingerprint density at radius 3 is 2.36 bits per heavy atom. The summed E-state index contributed by atoms with van der Waals surface area (Å²) in [5.41, 5.74) is -6.19. The molecule has 4 N–H and O–H groups in total. The Labute approximate surface area is 275 Å². The summed E-state index contributed by atoms with van der Waals surface area (Å²) in [6.45, 7) is 3.93. The third-order valence-electron chi connectivity index (χ3n) is 9.25. The second-order valence-corrected chi connectivity index (χ2v) is 12.6. The van der Waals surface area contributed by atoms with E-state index in [0.717, 1.165) is 26.3 Å². The van der Waals surface area contributed by atoms with Gasteiger partial charge in [-0.3, -0.25) is 28.9 Å². The van der Waals surface area contributed by atoms with Crippen molar-refractivity contribution in [3.05, 3.63) is 105 Å². The van der Waals surface area contributed by atoms with Crippen LogP contribution in [-0.2, 0) is 21.4 Å². The fourth-order valence-corrected chi connectivity index (χ4v) is 7.99. The van der Waals surface area contributed by atoms with E-state index in [4.69, 9.17) is 14.3 Å². The number of halogens is 1. The van der Waals surface area contributed by atoms with Crippen LogP contribution in [0.2, 0.25) is 0 Å². The zero-order valence-electron chi connectivity index (χ0n) is 24.8. The van der Waals surface area contributed by atoms with Gasteiger partial charge in [0.05, 0.1) is 58.5 Å². The molecule has 0 radical (unpaired) electrons. The minimum absolute atomic E-state index is 0.0518. The van der Waals surface area contributed by atoms with Gasteiger partial charge in [0.2, 0.25) is 16.3 Å². The number of pyridine rings is 1. The van der Waals surface area contributed by atoms with Crippen molar-refractivity contribution in [3.63, 3.8) is 0 Å². The largest absolute Gasteiger partial charge is 0.510 e. The summed E-state index contributed by atoms with van der Waals surface area (Å²) in [4.78, 5) is 76.8. The van der Waals surface area contributed by atoms with Crippen LogP contribution in [0.3, 0.4) is 0 Å². The molecule has 1 saturated heterocycles. The van der Waals surface area contributed by atoms with Gasteiger partial charge in [0, 0.05) is 40.2 Å². The number of oxime groups is 1. The highest BCUT2D eigenvalue weighted by Gasteiger charge is 2.53. The first kappa shape index (κ1) is 31.0. The molecule has 15 heteroatoms. The van der Waals surface area contributed by atoms with Crippen LogP contribution in [-0.4, -0.2) is 78.0 Å². The molecular weight excluding hydrogens is 729 g/mol. The van der Waals surface area contributed by atoms with Gasteiger partial charge in [-0.1, -0.05) is 5.16 Å². The number of benzene rings is 1. The van der Waals surface area contributed by atoms with Gasteiger partial charge >= 0.3 is 0 Å². The average Bonchev–Trinajstić information content (AvgIpc) is 3.57. The van der Waals surface area contributed by atoms with Crippen LogP contribution in [0.25, 0.3) is 22.3 Å². The van der Waals surface area contributed by atoms with Gasteiger partial charge < -0.3 is 34.6 Å². The van der Waals surface area contributed by atoms with E-state index >= 15 is 0 Å². The maximum absolute atomic E-state index is 13.7. The maximum Gasteiger partial charge on any atom is 0.260 e. The Kier molecular flexibility index (Phi) is 7.44. The monoisotopic (exact) mass is 755 g/mol. The molecule has 0 bridgehead atoms. The number of phenolic OH excluding ortho intramolecular Hbond substituents is 1. The Hall–Kier alpha value is -4.61. The average molecular weight is 755 g/mol. The normalized spacial score (nSPS) is 19.4. The Morgan fingerprint density at radius 2 is 1.68 bits per heavy atom. The number of aliphatic hydroxyl groups excluding tert-OH is 2. The van der Waals surface area contributed by atoms with E-state index in [1.165, 1.54) is 6.21 Å². The van der Waals surface area contributed by atoms with Crippen molar-refractivity contribution in [1.29, 1.82) is 0 Å². The number of ether oxygens (including phenoxy) is 2. The molecule has 1 spiro atoms. The predicted molar refractivity (Wildman–Crippen MR) is 177 cm³/mol. The van der Waals surface area contributed by atoms with Crippen molar-refractivity contribution >= 4 is 51.1 Å². The van der Waals surface area contributed by atoms with E-state index in [-0.39, 0.29) is 23.8 Å². The van der Waals surface area contributed by atoms with Crippen molar-refractivity contribution in [2.24, 2.45) is 5.16 Å². The van der Waals surface area contributed by atoms with Gasteiger partial charge in [0.1, 0.15) is 29.3 Å². The quantitative estimate of drug-likeness (QED) is 0.0794. The Bertz CT molecular complexity index is 2530. The number of H-pyrrole nitrogens is 1. The molecule has 4 aliphatic carbocycles. The van der Waals surface area contributed by atoms with E-state index in [9.17, 15) is 39.3 Å². The van der Waals surface area contributed by atoms with Crippen LogP contribution < -0.4 is 42.4 Å². The smallest absolute Gasteiger partial charge is 0.260 e. The lowest BCUT2D eigenvalue weighted by Gasteiger charge is -2.27. The molecule has 2 heterocycles. The van der Waals surface area contributed by atoms with Gasteiger partial charge in [0.25, 0.3) is 5.56 Å². The zero-order valence-corrected chi connectivity index (χ0v) is 26.9. The summed E-state index contributed by atoms with van der Waals surface area (Å²) in [5.74, 6) is -2.53. The van der Waals surface area contributed by atoms with E-state index in [1.54, 1.807) is 6.07 Å². The first-order chi connectivity index (χ1) is 22.5. The van der Waals surface area contributed by atoms with Gasteiger partial charge in [0.15, 0.2) is 11.2 Å².